The highest BCUT2D eigenvalue weighted by atomic mass is 35.5. The second kappa shape index (κ2) is 13.5. The summed E-state index contributed by atoms with van der Waals surface area (Å²) in [5, 5.41) is 3.59. The largest absolute Gasteiger partial charge is 0.495 e. The predicted octanol–water partition coefficient (Wildman–Crippen LogP) is 6.30. The zero-order valence-electron chi connectivity index (χ0n) is 22.8. The lowest BCUT2D eigenvalue weighted by molar-refractivity contribution is 0.0985. The van der Waals surface area contributed by atoms with Gasteiger partial charge in [-0.2, -0.15) is 0 Å². The third kappa shape index (κ3) is 7.31. The average molecular weight is 550 g/mol. The van der Waals surface area contributed by atoms with Crippen molar-refractivity contribution in [1.29, 1.82) is 0 Å². The number of para-hydroxylation sites is 1. The molecule has 0 aliphatic carbocycles. The summed E-state index contributed by atoms with van der Waals surface area (Å²) in [6.07, 6.45) is 4.69. The smallest absolute Gasteiger partial charge is 0.259 e. The molecule has 0 radical (unpaired) electrons. The van der Waals surface area contributed by atoms with Gasteiger partial charge in [-0.25, -0.2) is 0 Å². The molecule has 3 aromatic carbocycles. The van der Waals surface area contributed by atoms with E-state index < -0.39 is 0 Å². The Kier molecular flexibility index (Phi) is 9.85. The number of carbonyl (C=O) groups excluding carboxylic acids is 2. The number of halogens is 1. The number of rotatable bonds is 10. The third-order valence-corrected chi connectivity index (χ3v) is 6.98. The molecule has 2 amide bonds. The molecule has 0 fully saturated rings. The van der Waals surface area contributed by atoms with Crippen LogP contribution in [0, 0.1) is 0 Å². The van der Waals surface area contributed by atoms with Gasteiger partial charge in [-0.05, 0) is 107 Å². The standard InChI is InChI=1S/C31H36ClN3O4/c1-34(2)17-8-9-19-39-28-12-5-4-11-25(28)30(36)33-26-15-13-23(21-29(26)38-3)31(37)35-18-7-6-10-22-20-24(32)14-16-27(22)35/h4-5,11-16,20-21H,6-10,17-19H2,1-3H3,(H,33,36). The monoisotopic (exact) mass is 549 g/mol. The molecule has 0 saturated heterocycles. The number of nitrogens with zero attached hydrogens (tertiary/aromatic N) is 2. The van der Waals surface area contributed by atoms with Gasteiger partial charge in [0.05, 0.1) is 25.0 Å². The molecule has 1 N–H and O–H groups in total. The minimum Gasteiger partial charge on any atom is -0.495 e. The molecule has 3 aromatic rings. The summed E-state index contributed by atoms with van der Waals surface area (Å²) in [6, 6.07) is 17.9. The molecule has 4 rings (SSSR count). The number of ether oxygens (including phenoxy) is 2. The van der Waals surface area contributed by atoms with Crippen LogP contribution in [0.4, 0.5) is 11.4 Å². The Balaban J connectivity index is 1.48. The third-order valence-electron chi connectivity index (χ3n) is 6.74. The molecule has 206 valence electrons. The topological polar surface area (TPSA) is 71.1 Å². The number of fused-ring (bicyclic) bond motifs is 1. The Morgan fingerprint density at radius 3 is 2.62 bits per heavy atom. The van der Waals surface area contributed by atoms with Crippen molar-refractivity contribution in [3.8, 4) is 11.5 Å². The van der Waals surface area contributed by atoms with Crippen LogP contribution in [-0.2, 0) is 6.42 Å². The summed E-state index contributed by atoms with van der Waals surface area (Å²) >= 11 is 6.21. The Hall–Kier alpha value is -3.55. The van der Waals surface area contributed by atoms with E-state index in [-0.39, 0.29) is 11.8 Å². The number of hydrogen-bond donors (Lipinski definition) is 1. The second-order valence-electron chi connectivity index (χ2n) is 9.91. The first-order valence-electron chi connectivity index (χ1n) is 13.3. The Morgan fingerprint density at radius 2 is 1.82 bits per heavy atom. The average Bonchev–Trinajstić information content (AvgIpc) is 3.14. The van der Waals surface area contributed by atoms with E-state index >= 15 is 0 Å². The summed E-state index contributed by atoms with van der Waals surface area (Å²) in [6.45, 7) is 2.15. The van der Waals surface area contributed by atoms with Crippen LogP contribution in [0.5, 0.6) is 11.5 Å². The first kappa shape index (κ1) is 28.5. The molecule has 8 heteroatoms. The van der Waals surface area contributed by atoms with Gasteiger partial charge in [0.1, 0.15) is 11.5 Å². The zero-order chi connectivity index (χ0) is 27.8. The first-order chi connectivity index (χ1) is 18.9. The van der Waals surface area contributed by atoms with E-state index in [1.165, 1.54) is 7.11 Å². The molecule has 1 aliphatic heterocycles. The van der Waals surface area contributed by atoms with E-state index in [1.54, 1.807) is 41.3 Å². The lowest BCUT2D eigenvalue weighted by Gasteiger charge is -2.23. The number of nitrogens with one attached hydrogen (secondary N) is 1. The van der Waals surface area contributed by atoms with Crippen LogP contribution in [0.1, 0.15) is 52.0 Å². The summed E-state index contributed by atoms with van der Waals surface area (Å²) in [4.78, 5) is 30.7. The summed E-state index contributed by atoms with van der Waals surface area (Å²) in [7, 11) is 5.61. The maximum Gasteiger partial charge on any atom is 0.259 e. The number of methoxy groups -OCH3 is 1. The fourth-order valence-electron chi connectivity index (χ4n) is 4.70. The molecule has 0 aromatic heterocycles. The Morgan fingerprint density at radius 1 is 1.00 bits per heavy atom. The molecule has 7 nitrogen and oxygen atoms in total. The minimum absolute atomic E-state index is 0.121. The minimum atomic E-state index is -0.311. The molecule has 0 spiro atoms. The van der Waals surface area contributed by atoms with Crippen molar-refractivity contribution in [2.45, 2.75) is 32.1 Å². The van der Waals surface area contributed by atoms with Gasteiger partial charge in [-0.3, -0.25) is 9.59 Å². The maximum atomic E-state index is 13.6. The number of aryl methyl sites for hydroxylation is 1. The fourth-order valence-corrected chi connectivity index (χ4v) is 4.89. The highest BCUT2D eigenvalue weighted by molar-refractivity contribution is 6.30. The summed E-state index contributed by atoms with van der Waals surface area (Å²) < 4.78 is 11.5. The number of amides is 2. The van der Waals surface area contributed by atoms with Crippen molar-refractivity contribution < 1.29 is 19.1 Å². The van der Waals surface area contributed by atoms with Crippen LogP contribution in [-0.4, -0.2) is 57.6 Å². The lowest BCUT2D eigenvalue weighted by atomic mass is 10.1. The van der Waals surface area contributed by atoms with E-state index in [1.807, 2.05) is 38.4 Å². The van der Waals surface area contributed by atoms with E-state index in [9.17, 15) is 9.59 Å². The second-order valence-corrected chi connectivity index (χ2v) is 10.3. The van der Waals surface area contributed by atoms with E-state index in [0.29, 0.717) is 46.5 Å². The van der Waals surface area contributed by atoms with E-state index in [0.717, 1.165) is 49.9 Å². The van der Waals surface area contributed by atoms with Crippen LogP contribution >= 0.6 is 11.6 Å². The van der Waals surface area contributed by atoms with Gasteiger partial charge in [-0.1, -0.05) is 23.7 Å². The summed E-state index contributed by atoms with van der Waals surface area (Å²) in [5.41, 5.74) is 3.35. The van der Waals surface area contributed by atoms with Crippen LogP contribution in [0.15, 0.2) is 60.7 Å². The van der Waals surface area contributed by atoms with Crippen LogP contribution in [0.2, 0.25) is 5.02 Å². The van der Waals surface area contributed by atoms with Gasteiger partial charge in [-0.15, -0.1) is 0 Å². The van der Waals surface area contributed by atoms with Gasteiger partial charge in [0.25, 0.3) is 11.8 Å². The lowest BCUT2D eigenvalue weighted by Crippen LogP contribution is -2.31. The van der Waals surface area contributed by atoms with Gasteiger partial charge in [0.2, 0.25) is 0 Å². The Bertz CT molecular complexity index is 1310. The molecule has 0 unspecified atom stereocenters. The number of unbranched alkanes of at least 4 members (excludes halogenated alkanes) is 1. The quantitative estimate of drug-likeness (QED) is 0.300. The highest BCUT2D eigenvalue weighted by Gasteiger charge is 2.24. The maximum absolute atomic E-state index is 13.6. The molecule has 0 saturated carbocycles. The molecular weight excluding hydrogens is 514 g/mol. The fraction of sp³-hybridized carbons (Fsp3) is 0.355. The molecular formula is C31H36ClN3O4. The first-order valence-corrected chi connectivity index (χ1v) is 13.7. The van der Waals surface area contributed by atoms with E-state index in [4.69, 9.17) is 21.1 Å². The number of anilines is 2. The van der Waals surface area contributed by atoms with Crippen molar-refractivity contribution in [2.24, 2.45) is 0 Å². The number of benzene rings is 3. The van der Waals surface area contributed by atoms with Crippen LogP contribution < -0.4 is 19.7 Å². The van der Waals surface area contributed by atoms with Gasteiger partial charge >= 0.3 is 0 Å². The SMILES string of the molecule is COc1cc(C(=O)N2CCCCc3cc(Cl)ccc32)ccc1NC(=O)c1ccccc1OCCCCN(C)C. The molecule has 1 aliphatic rings. The van der Waals surface area contributed by atoms with Crippen molar-refractivity contribution >= 4 is 34.8 Å². The highest BCUT2D eigenvalue weighted by Crippen LogP contribution is 2.32. The zero-order valence-corrected chi connectivity index (χ0v) is 23.6. The van der Waals surface area contributed by atoms with Crippen molar-refractivity contribution in [3.63, 3.8) is 0 Å². The Labute approximate surface area is 235 Å². The molecule has 0 atom stereocenters. The normalized spacial score (nSPS) is 13.0. The molecule has 1 heterocycles. The summed E-state index contributed by atoms with van der Waals surface area (Å²) in [5.74, 6) is 0.507. The van der Waals surface area contributed by atoms with E-state index in [2.05, 4.69) is 10.2 Å². The predicted molar refractivity (Wildman–Crippen MR) is 157 cm³/mol. The molecule has 0 bridgehead atoms. The molecule has 39 heavy (non-hydrogen) atoms. The van der Waals surface area contributed by atoms with Crippen LogP contribution in [0.3, 0.4) is 0 Å². The van der Waals surface area contributed by atoms with Crippen LogP contribution in [0.25, 0.3) is 0 Å². The van der Waals surface area contributed by atoms with Gasteiger partial charge < -0.3 is 24.6 Å². The number of hydrogen-bond acceptors (Lipinski definition) is 5. The van der Waals surface area contributed by atoms with Gasteiger partial charge in [0, 0.05) is 22.8 Å². The van der Waals surface area contributed by atoms with Crippen molar-refractivity contribution in [3.05, 3.63) is 82.4 Å². The number of carbonyl (C=O) groups is 2. The van der Waals surface area contributed by atoms with Crippen molar-refractivity contribution in [2.75, 3.05) is 51.1 Å². The van der Waals surface area contributed by atoms with Gasteiger partial charge in [0.15, 0.2) is 0 Å². The van der Waals surface area contributed by atoms with Crippen molar-refractivity contribution in [1.82, 2.24) is 4.90 Å².